The van der Waals surface area contributed by atoms with Crippen LogP contribution >= 0.6 is 11.6 Å². The molecule has 31 heavy (non-hydrogen) atoms. The van der Waals surface area contributed by atoms with Crippen molar-refractivity contribution in [3.8, 4) is 11.5 Å². The molecule has 3 aromatic carbocycles. The summed E-state index contributed by atoms with van der Waals surface area (Å²) in [6.45, 7) is 11.8. The first-order valence-electron chi connectivity index (χ1n) is 10.6. The van der Waals surface area contributed by atoms with E-state index in [9.17, 15) is 0 Å². The molecule has 4 heteroatoms. The summed E-state index contributed by atoms with van der Waals surface area (Å²) in [7, 11) is 0. The van der Waals surface area contributed by atoms with Crippen molar-refractivity contribution in [1.82, 2.24) is 0 Å². The minimum atomic E-state index is 0.490. The summed E-state index contributed by atoms with van der Waals surface area (Å²) >= 11 is 6.16. The smallest absolute Gasteiger partial charge is 0.165 e. The van der Waals surface area contributed by atoms with Crippen LogP contribution in [0.3, 0.4) is 0 Å². The predicted octanol–water partition coefficient (Wildman–Crippen LogP) is 7.28. The first-order chi connectivity index (χ1) is 15.0. The molecule has 3 aromatic rings. The number of aryl methyl sites for hydroxylation is 2. The van der Waals surface area contributed by atoms with Crippen LogP contribution in [0.1, 0.15) is 34.7 Å². The second kappa shape index (κ2) is 10.9. The predicted molar refractivity (Wildman–Crippen MR) is 131 cm³/mol. The maximum Gasteiger partial charge on any atom is 0.165 e. The van der Waals surface area contributed by atoms with E-state index in [-0.39, 0.29) is 0 Å². The van der Waals surface area contributed by atoms with Crippen LogP contribution in [0, 0.1) is 13.8 Å². The Morgan fingerprint density at radius 3 is 2.45 bits per heavy atom. The Morgan fingerprint density at radius 1 is 0.968 bits per heavy atom. The maximum absolute atomic E-state index is 6.24. The van der Waals surface area contributed by atoms with Crippen molar-refractivity contribution >= 4 is 17.3 Å². The zero-order valence-electron chi connectivity index (χ0n) is 18.5. The second-order valence-corrected chi connectivity index (χ2v) is 8.03. The van der Waals surface area contributed by atoms with Crippen LogP contribution in [0.4, 0.5) is 5.69 Å². The van der Waals surface area contributed by atoms with Crippen molar-refractivity contribution in [2.24, 2.45) is 0 Å². The first-order valence-corrected chi connectivity index (χ1v) is 11.0. The Labute approximate surface area is 190 Å². The van der Waals surface area contributed by atoms with E-state index in [1.807, 2.05) is 37.3 Å². The number of benzene rings is 3. The van der Waals surface area contributed by atoms with E-state index in [4.69, 9.17) is 21.1 Å². The Kier molecular flexibility index (Phi) is 8.02. The molecule has 0 radical (unpaired) electrons. The van der Waals surface area contributed by atoms with Gasteiger partial charge in [0, 0.05) is 22.8 Å². The number of nitrogens with one attached hydrogen (secondary N) is 1. The minimum absolute atomic E-state index is 0.490. The lowest BCUT2D eigenvalue weighted by molar-refractivity contribution is 0.267. The first kappa shape index (κ1) is 22.8. The number of hydrogen-bond acceptors (Lipinski definition) is 3. The van der Waals surface area contributed by atoms with E-state index < -0.39 is 0 Å². The van der Waals surface area contributed by atoms with Crippen LogP contribution in [-0.4, -0.2) is 6.61 Å². The normalized spacial score (nSPS) is 10.6. The van der Waals surface area contributed by atoms with Crippen molar-refractivity contribution in [2.75, 3.05) is 11.9 Å². The summed E-state index contributed by atoms with van der Waals surface area (Å²) in [6.07, 6.45) is 2.59. The molecule has 0 spiro atoms. The Morgan fingerprint density at radius 2 is 1.74 bits per heavy atom. The molecule has 0 saturated carbocycles. The van der Waals surface area contributed by atoms with E-state index in [1.54, 1.807) is 0 Å². The lowest BCUT2D eigenvalue weighted by Gasteiger charge is -2.18. The van der Waals surface area contributed by atoms with Crippen molar-refractivity contribution in [1.29, 1.82) is 0 Å². The van der Waals surface area contributed by atoms with Gasteiger partial charge in [0.25, 0.3) is 0 Å². The molecule has 3 rings (SSSR count). The molecule has 0 heterocycles. The van der Waals surface area contributed by atoms with E-state index in [0.29, 0.717) is 26.2 Å². The third kappa shape index (κ3) is 6.28. The molecule has 0 aromatic heterocycles. The summed E-state index contributed by atoms with van der Waals surface area (Å²) in [5.41, 5.74) is 6.71. The minimum Gasteiger partial charge on any atom is -0.490 e. The second-order valence-electron chi connectivity index (χ2n) is 7.60. The number of allylic oxidation sites excluding steroid dienone is 1. The third-order valence-corrected chi connectivity index (χ3v) is 5.28. The average Bonchev–Trinajstić information content (AvgIpc) is 2.75. The van der Waals surface area contributed by atoms with Gasteiger partial charge in [-0.05, 0) is 68.1 Å². The summed E-state index contributed by atoms with van der Waals surface area (Å²) in [5.74, 6) is 1.54. The summed E-state index contributed by atoms with van der Waals surface area (Å²) in [4.78, 5) is 0. The van der Waals surface area contributed by atoms with E-state index >= 15 is 0 Å². The van der Waals surface area contributed by atoms with Gasteiger partial charge in [0.15, 0.2) is 11.5 Å². The van der Waals surface area contributed by atoms with Crippen LogP contribution in [0.25, 0.3) is 0 Å². The monoisotopic (exact) mass is 435 g/mol. The van der Waals surface area contributed by atoms with Crippen molar-refractivity contribution < 1.29 is 9.47 Å². The number of rotatable bonds is 10. The van der Waals surface area contributed by atoms with Gasteiger partial charge in [-0.2, -0.15) is 0 Å². The third-order valence-electron chi connectivity index (χ3n) is 5.04. The SMILES string of the molecule is C=CCc1cc(CNc2cc(Cl)ccc2C)cc(OCC)c1OCc1ccc(C)cc1. The molecule has 3 nitrogen and oxygen atoms in total. The number of halogens is 1. The fourth-order valence-electron chi connectivity index (χ4n) is 3.38. The Bertz CT molecular complexity index is 1030. The van der Waals surface area contributed by atoms with Crippen LogP contribution < -0.4 is 14.8 Å². The Balaban J connectivity index is 1.85. The summed E-state index contributed by atoms with van der Waals surface area (Å²) in [5, 5.41) is 4.20. The van der Waals surface area contributed by atoms with E-state index in [1.165, 1.54) is 5.56 Å². The van der Waals surface area contributed by atoms with Crippen LogP contribution in [0.5, 0.6) is 11.5 Å². The van der Waals surface area contributed by atoms with Gasteiger partial charge in [-0.3, -0.25) is 0 Å². The van der Waals surface area contributed by atoms with Gasteiger partial charge in [0.2, 0.25) is 0 Å². The highest BCUT2D eigenvalue weighted by Crippen LogP contribution is 2.35. The van der Waals surface area contributed by atoms with Crippen molar-refractivity contribution in [3.05, 3.63) is 100 Å². The standard InChI is InChI=1S/C27H30ClNO2/c1-5-7-23-14-22(17-29-25-16-24(28)13-10-20(25)4)15-26(30-6-2)27(23)31-18-21-11-8-19(3)9-12-21/h5,8-16,29H,1,6-7,17-18H2,2-4H3. The number of ether oxygens (including phenoxy) is 2. The largest absolute Gasteiger partial charge is 0.490 e. The molecule has 0 aliphatic heterocycles. The average molecular weight is 436 g/mol. The number of anilines is 1. The molecule has 0 fully saturated rings. The molecule has 0 bridgehead atoms. The molecule has 0 aliphatic rings. The molecule has 1 N–H and O–H groups in total. The van der Waals surface area contributed by atoms with Gasteiger partial charge in [0.05, 0.1) is 6.61 Å². The van der Waals surface area contributed by atoms with Gasteiger partial charge in [-0.25, -0.2) is 0 Å². The van der Waals surface area contributed by atoms with Crippen molar-refractivity contribution in [3.63, 3.8) is 0 Å². The summed E-state index contributed by atoms with van der Waals surface area (Å²) in [6, 6.07) is 18.4. The molecule has 0 aliphatic carbocycles. The topological polar surface area (TPSA) is 30.5 Å². The Hall–Kier alpha value is -2.91. The van der Waals surface area contributed by atoms with Crippen molar-refractivity contribution in [2.45, 2.75) is 40.3 Å². The zero-order chi connectivity index (χ0) is 22.2. The van der Waals surface area contributed by atoms with E-state index in [2.05, 4.69) is 56.1 Å². The molecule has 0 saturated heterocycles. The fourth-order valence-corrected chi connectivity index (χ4v) is 3.55. The van der Waals surface area contributed by atoms with Crippen LogP contribution in [0.2, 0.25) is 5.02 Å². The van der Waals surface area contributed by atoms with Gasteiger partial charge in [0.1, 0.15) is 6.61 Å². The fraction of sp³-hybridized carbons (Fsp3) is 0.259. The van der Waals surface area contributed by atoms with E-state index in [0.717, 1.165) is 44.5 Å². The molecular formula is C27H30ClNO2. The van der Waals surface area contributed by atoms with Crippen LogP contribution in [-0.2, 0) is 19.6 Å². The molecular weight excluding hydrogens is 406 g/mol. The highest BCUT2D eigenvalue weighted by molar-refractivity contribution is 6.30. The zero-order valence-corrected chi connectivity index (χ0v) is 19.3. The summed E-state index contributed by atoms with van der Waals surface area (Å²) < 4.78 is 12.2. The van der Waals surface area contributed by atoms with Gasteiger partial charge < -0.3 is 14.8 Å². The molecule has 162 valence electrons. The number of hydrogen-bond donors (Lipinski definition) is 1. The quantitative estimate of drug-likeness (QED) is 0.339. The highest BCUT2D eigenvalue weighted by atomic mass is 35.5. The molecule has 0 unspecified atom stereocenters. The van der Waals surface area contributed by atoms with Gasteiger partial charge in [-0.1, -0.05) is 53.6 Å². The van der Waals surface area contributed by atoms with Gasteiger partial charge in [-0.15, -0.1) is 6.58 Å². The maximum atomic E-state index is 6.24. The van der Waals surface area contributed by atoms with Crippen LogP contribution in [0.15, 0.2) is 67.3 Å². The lowest BCUT2D eigenvalue weighted by Crippen LogP contribution is -2.06. The molecule has 0 amide bonds. The lowest BCUT2D eigenvalue weighted by atomic mass is 10.0. The van der Waals surface area contributed by atoms with Gasteiger partial charge >= 0.3 is 0 Å². The molecule has 0 atom stereocenters. The highest BCUT2D eigenvalue weighted by Gasteiger charge is 2.14.